The molecule has 1 fully saturated rings. The molecule has 0 aliphatic carbocycles. The fourth-order valence-electron chi connectivity index (χ4n) is 3.97. The van der Waals surface area contributed by atoms with Crippen LogP contribution in [0, 0.1) is 6.92 Å². The van der Waals surface area contributed by atoms with E-state index >= 15 is 0 Å². The summed E-state index contributed by atoms with van der Waals surface area (Å²) in [6, 6.07) is 24.9. The summed E-state index contributed by atoms with van der Waals surface area (Å²) >= 11 is 0. The Balaban J connectivity index is 1.71. The van der Waals surface area contributed by atoms with Gasteiger partial charge in [0.2, 0.25) is 0 Å². The summed E-state index contributed by atoms with van der Waals surface area (Å²) in [6.45, 7) is 2.98. The van der Waals surface area contributed by atoms with Crippen LogP contribution in [-0.2, 0) is 0 Å². The highest BCUT2D eigenvalue weighted by Crippen LogP contribution is 2.33. The van der Waals surface area contributed by atoms with Gasteiger partial charge in [0, 0.05) is 44.0 Å². The average Bonchev–Trinajstić information content (AvgIpc) is 3.24. The second kappa shape index (κ2) is 8.64. The molecule has 0 bridgehead atoms. The Morgan fingerprint density at radius 2 is 1.26 bits per heavy atom. The highest BCUT2D eigenvalue weighted by atomic mass is 16.2. The van der Waals surface area contributed by atoms with Crippen molar-refractivity contribution >= 4 is 17.5 Å². The van der Waals surface area contributed by atoms with Crippen LogP contribution in [0.25, 0.3) is 0 Å². The molecular weight excluding hydrogens is 386 g/mol. The van der Waals surface area contributed by atoms with Crippen molar-refractivity contribution in [2.45, 2.75) is 13.1 Å². The van der Waals surface area contributed by atoms with Crippen molar-refractivity contribution in [3.8, 4) is 0 Å². The molecule has 1 aliphatic heterocycles. The van der Waals surface area contributed by atoms with Crippen molar-refractivity contribution in [1.82, 2.24) is 9.80 Å². The number of benzene rings is 3. The molecule has 0 radical (unpaired) electrons. The van der Waals surface area contributed by atoms with Crippen LogP contribution in [0.2, 0.25) is 0 Å². The van der Waals surface area contributed by atoms with E-state index in [0.717, 1.165) is 16.8 Å². The number of amides is 2. The molecule has 158 valence electrons. The van der Waals surface area contributed by atoms with Crippen LogP contribution in [0.15, 0.2) is 78.9 Å². The lowest BCUT2D eigenvalue weighted by molar-refractivity contribution is 0.0545. The third-order valence-electron chi connectivity index (χ3n) is 5.72. The maximum atomic E-state index is 13.4. The number of aryl methyl sites for hydroxylation is 1. The van der Waals surface area contributed by atoms with Gasteiger partial charge in [0.1, 0.15) is 6.17 Å². The molecule has 0 spiro atoms. The first-order valence-corrected chi connectivity index (χ1v) is 10.5. The Labute approximate surface area is 183 Å². The van der Waals surface area contributed by atoms with Gasteiger partial charge in [-0.25, -0.2) is 0 Å². The van der Waals surface area contributed by atoms with Gasteiger partial charge in [-0.15, -0.1) is 0 Å². The number of nitrogens with zero attached hydrogens (tertiary/aromatic N) is 3. The topological polar surface area (TPSA) is 43.9 Å². The minimum Gasteiger partial charge on any atom is -0.378 e. The third kappa shape index (κ3) is 4.17. The van der Waals surface area contributed by atoms with Crippen LogP contribution < -0.4 is 4.90 Å². The van der Waals surface area contributed by atoms with Gasteiger partial charge in [-0.3, -0.25) is 9.59 Å². The molecule has 1 atom stereocenters. The van der Waals surface area contributed by atoms with Crippen LogP contribution in [-0.4, -0.2) is 48.8 Å². The quantitative estimate of drug-likeness (QED) is 0.638. The van der Waals surface area contributed by atoms with Crippen molar-refractivity contribution in [3.63, 3.8) is 0 Å². The first kappa shape index (κ1) is 20.7. The molecule has 1 saturated heterocycles. The van der Waals surface area contributed by atoms with Gasteiger partial charge in [0.15, 0.2) is 0 Å². The summed E-state index contributed by atoms with van der Waals surface area (Å²) in [7, 11) is 3.98. The van der Waals surface area contributed by atoms with Gasteiger partial charge in [-0.1, -0.05) is 48.0 Å². The minimum absolute atomic E-state index is 0.0648. The summed E-state index contributed by atoms with van der Waals surface area (Å²) in [6.07, 6.45) is -0.447. The number of carbonyl (C=O) groups is 2. The van der Waals surface area contributed by atoms with Crippen LogP contribution >= 0.6 is 0 Å². The molecule has 3 aromatic rings. The fraction of sp³-hybridized carbons (Fsp3) is 0.231. The van der Waals surface area contributed by atoms with Crippen molar-refractivity contribution in [1.29, 1.82) is 0 Å². The normalized spacial score (nSPS) is 15.8. The zero-order chi connectivity index (χ0) is 22.0. The number of carbonyl (C=O) groups excluding carboxylic acids is 2. The lowest BCUT2D eigenvalue weighted by Gasteiger charge is -2.31. The second-order valence-corrected chi connectivity index (χ2v) is 8.09. The van der Waals surface area contributed by atoms with Gasteiger partial charge in [-0.2, -0.15) is 0 Å². The lowest BCUT2D eigenvalue weighted by Crippen LogP contribution is -2.38. The zero-order valence-electron chi connectivity index (χ0n) is 18.2. The Morgan fingerprint density at radius 3 is 1.77 bits per heavy atom. The highest BCUT2D eigenvalue weighted by Gasteiger charge is 2.39. The summed E-state index contributed by atoms with van der Waals surface area (Å²) in [5, 5.41) is 0. The average molecular weight is 414 g/mol. The highest BCUT2D eigenvalue weighted by molar-refractivity contribution is 5.97. The first-order valence-electron chi connectivity index (χ1n) is 10.5. The number of hydrogen-bond acceptors (Lipinski definition) is 3. The lowest BCUT2D eigenvalue weighted by atomic mass is 10.1. The Morgan fingerprint density at radius 1 is 0.742 bits per heavy atom. The minimum atomic E-state index is -0.447. The number of anilines is 1. The molecule has 5 heteroatoms. The fourth-order valence-corrected chi connectivity index (χ4v) is 3.97. The summed E-state index contributed by atoms with van der Waals surface area (Å²) in [5.41, 5.74) is 4.36. The maximum absolute atomic E-state index is 13.4. The van der Waals surface area contributed by atoms with E-state index in [0.29, 0.717) is 24.2 Å². The van der Waals surface area contributed by atoms with E-state index in [4.69, 9.17) is 0 Å². The van der Waals surface area contributed by atoms with Gasteiger partial charge in [0.05, 0.1) is 0 Å². The first-order chi connectivity index (χ1) is 15.0. The van der Waals surface area contributed by atoms with E-state index in [2.05, 4.69) is 0 Å². The van der Waals surface area contributed by atoms with Gasteiger partial charge in [-0.05, 0) is 48.9 Å². The van der Waals surface area contributed by atoms with E-state index in [9.17, 15) is 9.59 Å². The van der Waals surface area contributed by atoms with Crippen LogP contribution in [0.1, 0.15) is 38.0 Å². The standard InChI is InChI=1S/C26H27N3O2/c1-19-9-11-22(12-10-19)26(31)29-18-17-28(25(30)21-7-5-4-6-8-21)24(29)20-13-15-23(16-14-20)27(2)3/h4-16,24H,17-18H2,1-3H3/t24-/m1/s1. The number of hydrogen-bond donors (Lipinski definition) is 0. The largest absolute Gasteiger partial charge is 0.378 e. The molecule has 3 aromatic carbocycles. The van der Waals surface area contributed by atoms with E-state index < -0.39 is 6.17 Å². The molecule has 4 rings (SSSR count). The Kier molecular flexibility index (Phi) is 5.76. The Bertz CT molecular complexity index is 1060. The molecule has 0 N–H and O–H groups in total. The SMILES string of the molecule is Cc1ccc(C(=O)N2CCN(C(=O)c3ccccc3)[C@H]2c2ccc(N(C)C)cc2)cc1. The van der Waals surface area contributed by atoms with E-state index in [1.54, 1.807) is 9.80 Å². The maximum Gasteiger partial charge on any atom is 0.255 e. The molecule has 1 aliphatic rings. The van der Waals surface area contributed by atoms with Crippen molar-refractivity contribution in [3.05, 3.63) is 101 Å². The molecule has 0 saturated carbocycles. The van der Waals surface area contributed by atoms with Crippen molar-refractivity contribution < 1.29 is 9.59 Å². The molecule has 31 heavy (non-hydrogen) atoms. The summed E-state index contributed by atoms with van der Waals surface area (Å²) < 4.78 is 0. The monoisotopic (exact) mass is 413 g/mol. The van der Waals surface area contributed by atoms with E-state index in [1.165, 1.54) is 0 Å². The summed E-state index contributed by atoms with van der Waals surface area (Å²) in [5.74, 6) is -0.133. The Hall–Kier alpha value is -3.60. The third-order valence-corrected chi connectivity index (χ3v) is 5.72. The van der Waals surface area contributed by atoms with Gasteiger partial charge < -0.3 is 14.7 Å². The molecule has 1 heterocycles. The van der Waals surface area contributed by atoms with Crippen molar-refractivity contribution in [2.24, 2.45) is 0 Å². The molecule has 0 aromatic heterocycles. The smallest absolute Gasteiger partial charge is 0.255 e. The van der Waals surface area contributed by atoms with Gasteiger partial charge in [0.25, 0.3) is 11.8 Å². The predicted octanol–water partition coefficient (Wildman–Crippen LogP) is 4.36. The van der Waals surface area contributed by atoms with Crippen molar-refractivity contribution in [2.75, 3.05) is 32.1 Å². The molecular formula is C26H27N3O2. The number of rotatable bonds is 4. The van der Waals surface area contributed by atoms with Crippen LogP contribution in [0.4, 0.5) is 5.69 Å². The van der Waals surface area contributed by atoms with Crippen LogP contribution in [0.5, 0.6) is 0 Å². The predicted molar refractivity (Wildman–Crippen MR) is 123 cm³/mol. The zero-order valence-corrected chi connectivity index (χ0v) is 18.2. The molecule has 2 amide bonds. The van der Waals surface area contributed by atoms with Crippen LogP contribution in [0.3, 0.4) is 0 Å². The van der Waals surface area contributed by atoms with E-state index in [-0.39, 0.29) is 11.8 Å². The van der Waals surface area contributed by atoms with Gasteiger partial charge >= 0.3 is 0 Å². The summed E-state index contributed by atoms with van der Waals surface area (Å²) in [4.78, 5) is 32.4. The second-order valence-electron chi connectivity index (χ2n) is 8.09. The molecule has 0 unspecified atom stereocenters. The van der Waals surface area contributed by atoms with E-state index in [1.807, 2.05) is 105 Å². The molecule has 5 nitrogen and oxygen atoms in total.